The predicted molar refractivity (Wildman–Crippen MR) is 73.6 cm³/mol. The Bertz CT molecular complexity index is 355. The van der Waals surface area contributed by atoms with E-state index in [1.165, 1.54) is 0 Å². The summed E-state index contributed by atoms with van der Waals surface area (Å²) < 4.78 is 10.6. The first-order valence-electron chi connectivity index (χ1n) is 7.05. The highest BCUT2D eigenvalue weighted by molar-refractivity contribution is 5.85. The SMILES string of the molecule is CCCCOC1CC(NC(=O)OC(C)(C)C)(C(=O)O)C1. The standard InChI is InChI=1S/C14H25NO5/c1-5-6-7-19-10-8-14(9-10,11(16)17)15-12(18)20-13(2,3)4/h10H,5-9H2,1-4H3,(H,15,18)(H,16,17). The lowest BCUT2D eigenvalue weighted by Gasteiger charge is -2.44. The van der Waals surface area contributed by atoms with Gasteiger partial charge in [-0.15, -0.1) is 0 Å². The lowest BCUT2D eigenvalue weighted by Crippen LogP contribution is -2.65. The van der Waals surface area contributed by atoms with Gasteiger partial charge < -0.3 is 19.9 Å². The van der Waals surface area contributed by atoms with E-state index < -0.39 is 23.2 Å². The van der Waals surface area contributed by atoms with Crippen LogP contribution in [0.25, 0.3) is 0 Å². The monoisotopic (exact) mass is 287 g/mol. The second-order valence-corrected chi connectivity index (χ2v) is 6.27. The van der Waals surface area contributed by atoms with E-state index in [1.807, 2.05) is 0 Å². The summed E-state index contributed by atoms with van der Waals surface area (Å²) in [6.07, 6.45) is 1.75. The van der Waals surface area contributed by atoms with Crippen molar-refractivity contribution in [2.75, 3.05) is 6.61 Å². The van der Waals surface area contributed by atoms with Gasteiger partial charge in [0.1, 0.15) is 11.1 Å². The molecule has 1 saturated carbocycles. The van der Waals surface area contributed by atoms with E-state index in [0.717, 1.165) is 12.8 Å². The molecule has 1 rings (SSSR count). The summed E-state index contributed by atoms with van der Waals surface area (Å²) in [6.45, 7) is 7.89. The van der Waals surface area contributed by atoms with Crippen LogP contribution in [0.15, 0.2) is 0 Å². The first-order valence-corrected chi connectivity index (χ1v) is 7.05. The zero-order chi connectivity index (χ0) is 15.4. The highest BCUT2D eigenvalue weighted by atomic mass is 16.6. The minimum absolute atomic E-state index is 0.104. The average molecular weight is 287 g/mol. The molecular formula is C14H25NO5. The Labute approximate surface area is 119 Å². The molecule has 2 N–H and O–H groups in total. The third-order valence-electron chi connectivity index (χ3n) is 3.15. The molecule has 1 aliphatic rings. The summed E-state index contributed by atoms with van der Waals surface area (Å²) in [7, 11) is 0. The van der Waals surface area contributed by atoms with Crippen molar-refractivity contribution in [1.82, 2.24) is 5.32 Å². The summed E-state index contributed by atoms with van der Waals surface area (Å²) >= 11 is 0. The number of hydrogen-bond donors (Lipinski definition) is 2. The third kappa shape index (κ3) is 4.67. The number of ether oxygens (including phenoxy) is 2. The Morgan fingerprint density at radius 2 is 1.95 bits per heavy atom. The van der Waals surface area contributed by atoms with Crippen LogP contribution in [-0.4, -0.2) is 41.0 Å². The van der Waals surface area contributed by atoms with Gasteiger partial charge in [0, 0.05) is 19.4 Å². The topological polar surface area (TPSA) is 84.9 Å². The van der Waals surface area contributed by atoms with E-state index in [-0.39, 0.29) is 18.9 Å². The number of aliphatic carboxylic acids is 1. The molecule has 0 bridgehead atoms. The molecule has 1 amide bonds. The Morgan fingerprint density at radius 3 is 2.40 bits per heavy atom. The summed E-state index contributed by atoms with van der Waals surface area (Å²) in [6, 6.07) is 0. The number of nitrogens with one attached hydrogen (secondary N) is 1. The summed E-state index contributed by atoms with van der Waals surface area (Å²) in [5, 5.41) is 11.8. The molecule has 0 heterocycles. The van der Waals surface area contributed by atoms with E-state index in [1.54, 1.807) is 20.8 Å². The zero-order valence-corrected chi connectivity index (χ0v) is 12.7. The Hall–Kier alpha value is -1.30. The lowest BCUT2D eigenvalue weighted by molar-refractivity contribution is -0.157. The normalized spacial score (nSPS) is 25.7. The van der Waals surface area contributed by atoms with Crippen LogP contribution in [0.2, 0.25) is 0 Å². The molecule has 0 atom stereocenters. The molecule has 1 aliphatic carbocycles. The van der Waals surface area contributed by atoms with Gasteiger partial charge in [-0.3, -0.25) is 0 Å². The smallest absolute Gasteiger partial charge is 0.408 e. The number of hydrogen-bond acceptors (Lipinski definition) is 4. The van der Waals surface area contributed by atoms with Crippen molar-refractivity contribution < 1.29 is 24.2 Å². The van der Waals surface area contributed by atoms with E-state index in [2.05, 4.69) is 12.2 Å². The highest BCUT2D eigenvalue weighted by Gasteiger charge is 2.53. The maximum absolute atomic E-state index is 11.7. The fraction of sp³-hybridized carbons (Fsp3) is 0.857. The van der Waals surface area contributed by atoms with Gasteiger partial charge >= 0.3 is 12.1 Å². The average Bonchev–Trinajstić information content (AvgIpc) is 2.22. The Morgan fingerprint density at radius 1 is 1.35 bits per heavy atom. The predicted octanol–water partition coefficient (Wildman–Crippen LogP) is 2.31. The van der Waals surface area contributed by atoms with Gasteiger partial charge in [-0.25, -0.2) is 9.59 Å². The first kappa shape index (κ1) is 16.8. The van der Waals surface area contributed by atoms with Crippen molar-refractivity contribution >= 4 is 12.1 Å². The second-order valence-electron chi connectivity index (χ2n) is 6.27. The minimum atomic E-state index is -1.25. The van der Waals surface area contributed by atoms with Gasteiger partial charge in [0.25, 0.3) is 0 Å². The van der Waals surface area contributed by atoms with Crippen molar-refractivity contribution in [2.24, 2.45) is 0 Å². The number of carboxylic acid groups (broad SMARTS) is 1. The van der Waals surface area contributed by atoms with Crippen molar-refractivity contribution in [2.45, 2.75) is 70.6 Å². The summed E-state index contributed by atoms with van der Waals surface area (Å²) in [4.78, 5) is 23.1. The highest BCUT2D eigenvalue weighted by Crippen LogP contribution is 2.35. The van der Waals surface area contributed by atoms with Crippen LogP contribution in [-0.2, 0) is 14.3 Å². The van der Waals surface area contributed by atoms with E-state index >= 15 is 0 Å². The Balaban J connectivity index is 2.47. The van der Waals surface area contributed by atoms with Crippen LogP contribution in [0.1, 0.15) is 53.4 Å². The Kier molecular flexibility index (Phi) is 5.39. The van der Waals surface area contributed by atoms with Crippen LogP contribution in [0.3, 0.4) is 0 Å². The van der Waals surface area contributed by atoms with E-state index in [4.69, 9.17) is 9.47 Å². The second kappa shape index (κ2) is 6.43. The van der Waals surface area contributed by atoms with Crippen LogP contribution in [0, 0.1) is 0 Å². The van der Waals surface area contributed by atoms with Gasteiger partial charge in [0.15, 0.2) is 0 Å². The lowest BCUT2D eigenvalue weighted by atomic mass is 9.74. The molecule has 0 aromatic carbocycles. The number of amides is 1. The van der Waals surface area contributed by atoms with Gasteiger partial charge in [0.2, 0.25) is 0 Å². The number of carbonyl (C=O) groups is 2. The molecule has 0 radical (unpaired) electrons. The maximum Gasteiger partial charge on any atom is 0.408 e. The summed E-state index contributed by atoms with van der Waals surface area (Å²) in [5.74, 6) is -1.04. The van der Waals surface area contributed by atoms with Crippen LogP contribution in [0.5, 0.6) is 0 Å². The molecule has 116 valence electrons. The fourth-order valence-electron chi connectivity index (χ4n) is 2.06. The van der Waals surface area contributed by atoms with Gasteiger partial charge in [0.05, 0.1) is 6.10 Å². The molecule has 6 nitrogen and oxygen atoms in total. The fourth-order valence-corrected chi connectivity index (χ4v) is 2.06. The van der Waals surface area contributed by atoms with Crippen LogP contribution >= 0.6 is 0 Å². The van der Waals surface area contributed by atoms with Crippen molar-refractivity contribution in [3.8, 4) is 0 Å². The van der Waals surface area contributed by atoms with E-state index in [9.17, 15) is 14.7 Å². The third-order valence-corrected chi connectivity index (χ3v) is 3.15. The molecule has 0 saturated heterocycles. The van der Waals surface area contributed by atoms with Crippen molar-refractivity contribution in [3.05, 3.63) is 0 Å². The number of carboxylic acids is 1. The van der Waals surface area contributed by atoms with Gasteiger partial charge in [-0.1, -0.05) is 13.3 Å². The van der Waals surface area contributed by atoms with Crippen molar-refractivity contribution in [3.63, 3.8) is 0 Å². The summed E-state index contributed by atoms with van der Waals surface area (Å²) in [5.41, 5.74) is -1.90. The van der Waals surface area contributed by atoms with Gasteiger partial charge in [-0.05, 0) is 27.2 Å². The van der Waals surface area contributed by atoms with Crippen LogP contribution in [0.4, 0.5) is 4.79 Å². The maximum atomic E-state index is 11.7. The molecule has 20 heavy (non-hydrogen) atoms. The first-order chi connectivity index (χ1) is 9.18. The molecule has 6 heteroatoms. The molecule has 0 spiro atoms. The number of alkyl carbamates (subject to hydrolysis) is 1. The zero-order valence-electron chi connectivity index (χ0n) is 12.7. The van der Waals surface area contributed by atoms with E-state index in [0.29, 0.717) is 6.61 Å². The number of unbranched alkanes of at least 4 members (excludes halogenated alkanes) is 1. The van der Waals surface area contributed by atoms with Crippen molar-refractivity contribution in [1.29, 1.82) is 0 Å². The number of carbonyl (C=O) groups excluding carboxylic acids is 1. The molecule has 1 fully saturated rings. The molecule has 0 unspecified atom stereocenters. The number of rotatable bonds is 6. The van der Waals surface area contributed by atoms with Gasteiger partial charge in [-0.2, -0.15) is 0 Å². The minimum Gasteiger partial charge on any atom is -0.479 e. The largest absolute Gasteiger partial charge is 0.479 e. The quantitative estimate of drug-likeness (QED) is 0.732. The molecular weight excluding hydrogens is 262 g/mol. The molecule has 0 aliphatic heterocycles. The molecule has 0 aromatic rings. The molecule has 0 aromatic heterocycles. The van der Waals surface area contributed by atoms with Crippen LogP contribution < -0.4 is 5.32 Å².